The summed E-state index contributed by atoms with van der Waals surface area (Å²) in [6.45, 7) is 0. The fourth-order valence-corrected chi connectivity index (χ4v) is 1.60. The van der Waals surface area contributed by atoms with Gasteiger partial charge in [0.2, 0.25) is 11.2 Å². The van der Waals surface area contributed by atoms with Crippen LogP contribution in [0.1, 0.15) is 24.5 Å². The molecule has 0 aromatic carbocycles. The lowest BCUT2D eigenvalue weighted by Crippen LogP contribution is -2.34. The Labute approximate surface area is 79.0 Å². The Morgan fingerprint density at radius 2 is 2.15 bits per heavy atom. The van der Waals surface area contributed by atoms with E-state index in [1.807, 2.05) is 0 Å². The molecule has 13 heavy (non-hydrogen) atoms. The molecule has 0 atom stereocenters. The molecule has 1 fully saturated rings. The number of aromatic nitrogens is 2. The number of halogens is 3. The molecule has 0 bridgehead atoms. The molecule has 1 aromatic heterocycles. The fourth-order valence-electron chi connectivity index (χ4n) is 1.45. The zero-order valence-electron chi connectivity index (χ0n) is 6.67. The summed E-state index contributed by atoms with van der Waals surface area (Å²) >= 11 is 5.53. The van der Waals surface area contributed by atoms with Crippen LogP contribution in [0.5, 0.6) is 0 Å². The van der Waals surface area contributed by atoms with E-state index in [9.17, 15) is 8.78 Å². The number of alkyl halides is 2. The van der Waals surface area contributed by atoms with Crippen molar-refractivity contribution in [3.8, 4) is 0 Å². The summed E-state index contributed by atoms with van der Waals surface area (Å²) in [5.74, 6) is -2.67. The van der Waals surface area contributed by atoms with Gasteiger partial charge in [0.05, 0.1) is 0 Å². The minimum absolute atomic E-state index is 0.118. The van der Waals surface area contributed by atoms with Crippen LogP contribution < -0.4 is 0 Å². The van der Waals surface area contributed by atoms with Crippen LogP contribution in [0.25, 0.3) is 0 Å². The van der Waals surface area contributed by atoms with Gasteiger partial charge in [0, 0.05) is 30.7 Å². The molecule has 0 saturated heterocycles. The van der Waals surface area contributed by atoms with Crippen molar-refractivity contribution in [2.45, 2.75) is 24.7 Å². The molecule has 0 unspecified atom stereocenters. The second-order valence-electron chi connectivity index (χ2n) is 3.21. The Kier molecular flexibility index (Phi) is 1.95. The van der Waals surface area contributed by atoms with E-state index in [1.165, 1.54) is 6.20 Å². The number of nitrogens with zero attached hydrogens (tertiary/aromatic N) is 2. The first kappa shape index (κ1) is 8.81. The third-order valence-corrected chi connectivity index (χ3v) is 2.34. The summed E-state index contributed by atoms with van der Waals surface area (Å²) in [7, 11) is 0. The zero-order valence-corrected chi connectivity index (χ0v) is 7.43. The van der Waals surface area contributed by atoms with Gasteiger partial charge < -0.3 is 0 Å². The average molecular weight is 205 g/mol. The van der Waals surface area contributed by atoms with Gasteiger partial charge in [-0.1, -0.05) is 0 Å². The lowest BCUT2D eigenvalue weighted by Gasteiger charge is -2.34. The summed E-state index contributed by atoms with van der Waals surface area (Å²) in [5.41, 5.74) is 0.617. The van der Waals surface area contributed by atoms with Crippen molar-refractivity contribution in [3.05, 3.63) is 23.2 Å². The maximum absolute atomic E-state index is 12.5. The minimum atomic E-state index is -2.51. The van der Waals surface area contributed by atoms with Crippen LogP contribution in [0.4, 0.5) is 8.78 Å². The second-order valence-corrected chi connectivity index (χ2v) is 3.55. The Hall–Kier alpha value is -0.770. The van der Waals surface area contributed by atoms with Crippen LogP contribution in [0, 0.1) is 0 Å². The summed E-state index contributed by atoms with van der Waals surface area (Å²) in [6.07, 6.45) is 1.24. The highest BCUT2D eigenvalue weighted by molar-refractivity contribution is 6.28. The standard InChI is InChI=1S/C8H7ClF2N2/c9-7-12-2-1-6(13-7)5-3-8(10,11)4-5/h1-2,5H,3-4H2. The SMILES string of the molecule is FC1(F)CC(c2ccnc(Cl)n2)C1. The van der Waals surface area contributed by atoms with Crippen LogP contribution in [-0.2, 0) is 0 Å². The van der Waals surface area contributed by atoms with Crippen molar-refractivity contribution in [1.29, 1.82) is 0 Å². The highest BCUT2D eigenvalue weighted by atomic mass is 35.5. The van der Waals surface area contributed by atoms with Gasteiger partial charge in [0.25, 0.3) is 0 Å². The molecular weight excluding hydrogens is 198 g/mol. The van der Waals surface area contributed by atoms with Crippen molar-refractivity contribution in [3.63, 3.8) is 0 Å². The maximum Gasteiger partial charge on any atom is 0.249 e. The maximum atomic E-state index is 12.5. The zero-order chi connectivity index (χ0) is 9.47. The first-order chi connectivity index (χ1) is 6.07. The molecule has 1 aliphatic rings. The molecular formula is C8H7ClF2N2. The predicted octanol–water partition coefficient (Wildman–Crippen LogP) is 2.64. The molecule has 1 aliphatic carbocycles. The van der Waals surface area contributed by atoms with Crippen molar-refractivity contribution in [2.24, 2.45) is 0 Å². The van der Waals surface area contributed by atoms with Crippen molar-refractivity contribution >= 4 is 11.6 Å². The molecule has 0 aliphatic heterocycles. The first-order valence-corrected chi connectivity index (χ1v) is 4.31. The Morgan fingerprint density at radius 1 is 1.46 bits per heavy atom. The van der Waals surface area contributed by atoms with Gasteiger partial charge in [-0.3, -0.25) is 0 Å². The van der Waals surface area contributed by atoms with Crippen LogP contribution >= 0.6 is 11.6 Å². The predicted molar refractivity (Wildman–Crippen MR) is 44.0 cm³/mol. The average Bonchev–Trinajstić information content (AvgIpc) is 2.00. The Bertz CT molecular complexity index is 322. The highest BCUT2D eigenvalue weighted by Crippen LogP contribution is 2.47. The van der Waals surface area contributed by atoms with Gasteiger partial charge in [-0.2, -0.15) is 0 Å². The molecule has 0 N–H and O–H groups in total. The fraction of sp³-hybridized carbons (Fsp3) is 0.500. The largest absolute Gasteiger partial charge is 0.249 e. The molecule has 0 spiro atoms. The summed E-state index contributed by atoms with van der Waals surface area (Å²) in [6, 6.07) is 1.63. The lowest BCUT2D eigenvalue weighted by atomic mass is 9.79. The highest BCUT2D eigenvalue weighted by Gasteiger charge is 2.46. The van der Waals surface area contributed by atoms with E-state index in [1.54, 1.807) is 6.07 Å². The number of hydrogen-bond donors (Lipinski definition) is 0. The van der Waals surface area contributed by atoms with E-state index in [2.05, 4.69) is 9.97 Å². The van der Waals surface area contributed by atoms with Crippen molar-refractivity contribution in [2.75, 3.05) is 0 Å². The molecule has 1 heterocycles. The van der Waals surface area contributed by atoms with Gasteiger partial charge in [-0.15, -0.1) is 0 Å². The third kappa shape index (κ3) is 1.77. The van der Waals surface area contributed by atoms with E-state index in [0.717, 1.165) is 0 Å². The molecule has 0 amide bonds. The number of hydrogen-bond acceptors (Lipinski definition) is 2. The van der Waals surface area contributed by atoms with Gasteiger partial charge in [-0.25, -0.2) is 18.7 Å². The molecule has 0 radical (unpaired) electrons. The van der Waals surface area contributed by atoms with Gasteiger partial charge in [0.15, 0.2) is 0 Å². The molecule has 1 aromatic rings. The summed E-state index contributed by atoms with van der Waals surface area (Å²) in [4.78, 5) is 7.57. The van der Waals surface area contributed by atoms with Crippen LogP contribution in [0.15, 0.2) is 12.3 Å². The third-order valence-electron chi connectivity index (χ3n) is 2.16. The van der Waals surface area contributed by atoms with E-state index < -0.39 is 5.92 Å². The van der Waals surface area contributed by atoms with E-state index in [4.69, 9.17) is 11.6 Å². The molecule has 2 nitrogen and oxygen atoms in total. The van der Waals surface area contributed by atoms with E-state index >= 15 is 0 Å². The van der Waals surface area contributed by atoms with Gasteiger partial charge >= 0.3 is 0 Å². The molecule has 2 rings (SSSR count). The summed E-state index contributed by atoms with van der Waals surface area (Å²) < 4.78 is 25.0. The lowest BCUT2D eigenvalue weighted by molar-refractivity contribution is -0.0876. The summed E-state index contributed by atoms with van der Waals surface area (Å²) in [5, 5.41) is 0.118. The van der Waals surface area contributed by atoms with E-state index in [0.29, 0.717) is 5.69 Å². The molecule has 70 valence electrons. The monoisotopic (exact) mass is 204 g/mol. The Balaban J connectivity index is 2.11. The van der Waals surface area contributed by atoms with Crippen molar-refractivity contribution < 1.29 is 8.78 Å². The number of rotatable bonds is 1. The first-order valence-electron chi connectivity index (χ1n) is 3.93. The Morgan fingerprint density at radius 3 is 2.69 bits per heavy atom. The molecule has 1 saturated carbocycles. The van der Waals surface area contributed by atoms with Gasteiger partial charge in [0.1, 0.15) is 0 Å². The van der Waals surface area contributed by atoms with Crippen LogP contribution in [-0.4, -0.2) is 15.9 Å². The van der Waals surface area contributed by atoms with Crippen LogP contribution in [0.3, 0.4) is 0 Å². The topological polar surface area (TPSA) is 25.8 Å². The minimum Gasteiger partial charge on any atom is -0.227 e. The quantitative estimate of drug-likeness (QED) is 0.658. The second kappa shape index (κ2) is 2.87. The van der Waals surface area contributed by atoms with Crippen LogP contribution in [0.2, 0.25) is 5.28 Å². The van der Waals surface area contributed by atoms with Gasteiger partial charge in [-0.05, 0) is 17.7 Å². The molecule has 5 heteroatoms. The van der Waals surface area contributed by atoms with E-state index in [-0.39, 0.29) is 24.0 Å². The smallest absolute Gasteiger partial charge is 0.227 e. The normalized spacial score (nSPS) is 21.2. The van der Waals surface area contributed by atoms with Crippen molar-refractivity contribution in [1.82, 2.24) is 9.97 Å².